The van der Waals surface area contributed by atoms with E-state index in [0.717, 1.165) is 24.0 Å². The molecule has 1 aromatic heterocycles. The average Bonchev–Trinajstić information content (AvgIpc) is 2.80. The molecular weight excluding hydrogens is 283 g/mol. The molecule has 0 saturated carbocycles. The van der Waals surface area contributed by atoms with Crippen LogP contribution in [0.4, 0.5) is 4.39 Å². The Balaban J connectivity index is 1.82. The fourth-order valence-corrected chi connectivity index (χ4v) is 2.93. The fourth-order valence-electron chi connectivity index (χ4n) is 2.63. The maximum Gasteiger partial charge on any atom is 0.178 e. The van der Waals surface area contributed by atoms with Gasteiger partial charge in [0.2, 0.25) is 0 Å². The van der Waals surface area contributed by atoms with E-state index < -0.39 is 0 Å². The summed E-state index contributed by atoms with van der Waals surface area (Å²) in [6.45, 7) is 3.04. The number of rotatable bonds is 4. The molecule has 3 rings (SSSR count). The first kappa shape index (κ1) is 14.0. The zero-order valence-electron chi connectivity index (χ0n) is 11.8. The molecular formula is C17H17FN2S. The summed E-state index contributed by atoms with van der Waals surface area (Å²) < 4.78 is 15.9. The van der Waals surface area contributed by atoms with Crippen LogP contribution in [0.2, 0.25) is 0 Å². The second-order valence-electron chi connectivity index (χ2n) is 5.34. The molecule has 108 valence electrons. The second-order valence-corrected chi connectivity index (χ2v) is 5.73. The zero-order chi connectivity index (χ0) is 14.8. The van der Waals surface area contributed by atoms with Gasteiger partial charge in [0.25, 0.3) is 0 Å². The number of aryl methyl sites for hydroxylation is 1. The van der Waals surface area contributed by atoms with E-state index in [9.17, 15) is 4.39 Å². The first-order valence-electron chi connectivity index (χ1n) is 7.08. The number of aromatic nitrogens is 2. The van der Waals surface area contributed by atoms with E-state index in [2.05, 4.69) is 36.2 Å². The summed E-state index contributed by atoms with van der Waals surface area (Å²) in [5.41, 5.74) is 3.05. The largest absolute Gasteiger partial charge is 0.330 e. The lowest BCUT2D eigenvalue weighted by Crippen LogP contribution is -2.03. The average molecular weight is 300 g/mol. The van der Waals surface area contributed by atoms with Gasteiger partial charge in [-0.3, -0.25) is 0 Å². The van der Waals surface area contributed by atoms with Gasteiger partial charge in [-0.25, -0.2) is 4.39 Å². The predicted molar refractivity (Wildman–Crippen MR) is 86.6 cm³/mol. The third-order valence-electron chi connectivity index (χ3n) is 3.89. The molecule has 0 aliphatic rings. The van der Waals surface area contributed by atoms with Crippen molar-refractivity contribution in [1.82, 2.24) is 9.55 Å². The summed E-state index contributed by atoms with van der Waals surface area (Å²) in [6, 6.07) is 15.2. The number of hydrogen-bond acceptors (Lipinski definition) is 1. The highest BCUT2D eigenvalue weighted by atomic mass is 32.1. The van der Waals surface area contributed by atoms with E-state index >= 15 is 0 Å². The van der Waals surface area contributed by atoms with Gasteiger partial charge in [-0.15, -0.1) is 0 Å². The highest BCUT2D eigenvalue weighted by Gasteiger charge is 2.09. The van der Waals surface area contributed by atoms with Crippen LogP contribution in [0.3, 0.4) is 0 Å². The standard InChI is InChI=1S/C17H17FN2S/c1-12(13-5-3-2-4-6-13)9-10-20-16-8-7-14(18)11-15(16)19-17(20)21/h2-8,11-12H,9-10H2,1H3,(H,19,21). The molecule has 0 aliphatic carbocycles. The molecule has 0 spiro atoms. The van der Waals surface area contributed by atoms with Gasteiger partial charge >= 0.3 is 0 Å². The minimum absolute atomic E-state index is 0.247. The van der Waals surface area contributed by atoms with Crippen LogP contribution < -0.4 is 0 Å². The van der Waals surface area contributed by atoms with Crippen molar-refractivity contribution in [3.05, 3.63) is 64.7 Å². The molecule has 0 aliphatic heterocycles. The summed E-state index contributed by atoms with van der Waals surface area (Å²) in [6.07, 6.45) is 0.989. The number of nitrogens with one attached hydrogen (secondary N) is 1. The summed E-state index contributed by atoms with van der Waals surface area (Å²) >= 11 is 5.35. The molecule has 3 aromatic rings. The van der Waals surface area contributed by atoms with Gasteiger partial charge in [0.05, 0.1) is 11.0 Å². The SMILES string of the molecule is CC(CCn1c(=S)[nH]c2cc(F)ccc21)c1ccccc1. The van der Waals surface area contributed by atoms with E-state index in [0.29, 0.717) is 10.7 Å². The van der Waals surface area contributed by atoms with Crippen molar-refractivity contribution in [2.75, 3.05) is 0 Å². The van der Waals surface area contributed by atoms with Gasteiger partial charge in [-0.05, 0) is 48.3 Å². The van der Waals surface area contributed by atoms with E-state index in [1.54, 1.807) is 6.07 Å². The Morgan fingerprint density at radius 3 is 2.71 bits per heavy atom. The Morgan fingerprint density at radius 2 is 1.95 bits per heavy atom. The monoisotopic (exact) mass is 300 g/mol. The smallest absolute Gasteiger partial charge is 0.178 e. The zero-order valence-corrected chi connectivity index (χ0v) is 12.7. The molecule has 1 atom stereocenters. The van der Waals surface area contributed by atoms with E-state index in [-0.39, 0.29) is 5.82 Å². The van der Waals surface area contributed by atoms with Crippen molar-refractivity contribution in [3.8, 4) is 0 Å². The van der Waals surface area contributed by atoms with Crippen molar-refractivity contribution < 1.29 is 4.39 Å². The molecule has 0 bridgehead atoms. The maximum absolute atomic E-state index is 13.2. The van der Waals surface area contributed by atoms with Crippen LogP contribution in [0.25, 0.3) is 11.0 Å². The highest BCUT2D eigenvalue weighted by molar-refractivity contribution is 7.71. The summed E-state index contributed by atoms with van der Waals surface area (Å²) in [5, 5.41) is 0. The van der Waals surface area contributed by atoms with Crippen LogP contribution in [0.15, 0.2) is 48.5 Å². The van der Waals surface area contributed by atoms with Crippen LogP contribution in [0, 0.1) is 10.6 Å². The van der Waals surface area contributed by atoms with Crippen molar-refractivity contribution >= 4 is 23.3 Å². The highest BCUT2D eigenvalue weighted by Crippen LogP contribution is 2.22. The lowest BCUT2D eigenvalue weighted by Gasteiger charge is -2.12. The Hall–Kier alpha value is -1.94. The molecule has 2 nitrogen and oxygen atoms in total. The van der Waals surface area contributed by atoms with Gasteiger partial charge in [0.15, 0.2) is 4.77 Å². The Labute approximate surface area is 128 Å². The number of halogens is 1. The van der Waals surface area contributed by atoms with Crippen molar-refractivity contribution in [2.45, 2.75) is 25.8 Å². The summed E-state index contributed by atoms with van der Waals surface area (Å²) in [4.78, 5) is 3.07. The Morgan fingerprint density at radius 1 is 1.19 bits per heavy atom. The number of nitrogens with zero attached hydrogens (tertiary/aromatic N) is 1. The molecule has 1 unspecified atom stereocenters. The molecule has 0 radical (unpaired) electrons. The number of H-pyrrole nitrogens is 1. The lowest BCUT2D eigenvalue weighted by atomic mass is 9.98. The maximum atomic E-state index is 13.2. The lowest BCUT2D eigenvalue weighted by molar-refractivity contribution is 0.581. The fraction of sp³-hybridized carbons (Fsp3) is 0.235. The van der Waals surface area contributed by atoms with E-state index in [1.807, 2.05) is 10.6 Å². The van der Waals surface area contributed by atoms with Crippen molar-refractivity contribution in [1.29, 1.82) is 0 Å². The van der Waals surface area contributed by atoms with Crippen LogP contribution in [0.1, 0.15) is 24.8 Å². The first-order valence-corrected chi connectivity index (χ1v) is 7.49. The topological polar surface area (TPSA) is 20.7 Å². The van der Waals surface area contributed by atoms with Crippen molar-refractivity contribution in [2.24, 2.45) is 0 Å². The third kappa shape index (κ3) is 2.90. The van der Waals surface area contributed by atoms with E-state index in [4.69, 9.17) is 12.2 Å². The molecule has 0 amide bonds. The van der Waals surface area contributed by atoms with Gasteiger partial charge in [0.1, 0.15) is 5.82 Å². The van der Waals surface area contributed by atoms with Gasteiger partial charge < -0.3 is 9.55 Å². The van der Waals surface area contributed by atoms with Gasteiger partial charge in [-0.1, -0.05) is 37.3 Å². The first-order chi connectivity index (χ1) is 10.1. The number of fused-ring (bicyclic) bond motifs is 1. The number of imidazole rings is 1. The number of aromatic amines is 1. The van der Waals surface area contributed by atoms with Gasteiger partial charge in [-0.2, -0.15) is 0 Å². The minimum Gasteiger partial charge on any atom is -0.330 e. The predicted octanol–water partition coefficient (Wildman–Crippen LogP) is 5.03. The third-order valence-corrected chi connectivity index (χ3v) is 4.21. The molecule has 2 aromatic carbocycles. The second kappa shape index (κ2) is 5.82. The molecule has 0 saturated heterocycles. The van der Waals surface area contributed by atoms with Crippen LogP contribution in [-0.2, 0) is 6.54 Å². The molecule has 1 heterocycles. The van der Waals surface area contributed by atoms with Crippen LogP contribution in [0.5, 0.6) is 0 Å². The molecule has 4 heteroatoms. The van der Waals surface area contributed by atoms with Crippen molar-refractivity contribution in [3.63, 3.8) is 0 Å². The van der Waals surface area contributed by atoms with Crippen LogP contribution >= 0.6 is 12.2 Å². The number of hydrogen-bond donors (Lipinski definition) is 1. The van der Waals surface area contributed by atoms with Gasteiger partial charge in [0, 0.05) is 6.54 Å². The molecule has 0 fully saturated rings. The minimum atomic E-state index is -0.247. The van der Waals surface area contributed by atoms with Crippen LogP contribution in [-0.4, -0.2) is 9.55 Å². The quantitative estimate of drug-likeness (QED) is 0.670. The summed E-state index contributed by atoms with van der Waals surface area (Å²) in [5.74, 6) is 0.210. The molecule has 1 N–H and O–H groups in total. The molecule has 21 heavy (non-hydrogen) atoms. The van der Waals surface area contributed by atoms with E-state index in [1.165, 1.54) is 17.7 Å². The normalized spacial score (nSPS) is 12.7. The number of benzene rings is 2. The Kier molecular flexibility index (Phi) is 3.88. The summed E-state index contributed by atoms with van der Waals surface area (Å²) in [7, 11) is 0. The Bertz CT molecular complexity index is 805.